The lowest BCUT2D eigenvalue weighted by atomic mass is 10.2. The summed E-state index contributed by atoms with van der Waals surface area (Å²) >= 11 is 6.61. The largest absolute Gasteiger partial charge is 0.497 e. The zero-order valence-corrected chi connectivity index (χ0v) is 19.5. The Kier molecular flexibility index (Phi) is 6.58. The van der Waals surface area contributed by atoms with Gasteiger partial charge in [-0.3, -0.25) is 9.67 Å². The average molecular weight is 451 g/mol. The molecule has 0 aliphatic heterocycles. The maximum atomic E-state index is 6.61. The molecule has 166 valence electrons. The van der Waals surface area contributed by atoms with Crippen molar-refractivity contribution in [1.29, 1.82) is 0 Å². The molecule has 32 heavy (non-hydrogen) atoms. The van der Waals surface area contributed by atoms with Crippen molar-refractivity contribution in [3.63, 3.8) is 0 Å². The summed E-state index contributed by atoms with van der Waals surface area (Å²) in [6.07, 6.45) is 5.50. The van der Waals surface area contributed by atoms with E-state index in [-0.39, 0.29) is 0 Å². The minimum absolute atomic E-state index is 0.391. The lowest BCUT2D eigenvalue weighted by Crippen LogP contribution is -2.32. The van der Waals surface area contributed by atoms with Gasteiger partial charge < -0.3 is 15.0 Å². The molecule has 0 spiro atoms. The van der Waals surface area contributed by atoms with Crippen molar-refractivity contribution in [1.82, 2.24) is 25.1 Å². The summed E-state index contributed by atoms with van der Waals surface area (Å²) in [5.41, 5.74) is 5.22. The summed E-state index contributed by atoms with van der Waals surface area (Å²) in [6, 6.07) is 12.2. The van der Waals surface area contributed by atoms with E-state index in [4.69, 9.17) is 21.3 Å². The molecule has 4 rings (SSSR count). The molecule has 1 N–H and O–H groups in total. The van der Waals surface area contributed by atoms with Gasteiger partial charge in [-0.25, -0.2) is 4.98 Å². The van der Waals surface area contributed by atoms with Crippen LogP contribution in [0.15, 0.2) is 55.0 Å². The van der Waals surface area contributed by atoms with Crippen LogP contribution < -0.4 is 15.0 Å². The average Bonchev–Trinajstić information content (AvgIpc) is 3.23. The van der Waals surface area contributed by atoms with Crippen LogP contribution in [0, 0.1) is 0 Å². The highest BCUT2D eigenvalue weighted by Gasteiger charge is 2.16. The Balaban J connectivity index is 1.76. The van der Waals surface area contributed by atoms with Gasteiger partial charge in [0.25, 0.3) is 0 Å². The van der Waals surface area contributed by atoms with Crippen LogP contribution in [-0.2, 0) is 7.05 Å². The van der Waals surface area contributed by atoms with E-state index in [1.54, 1.807) is 24.2 Å². The van der Waals surface area contributed by atoms with E-state index in [2.05, 4.69) is 34.1 Å². The van der Waals surface area contributed by atoms with Gasteiger partial charge in [-0.05, 0) is 30.3 Å². The van der Waals surface area contributed by atoms with Gasteiger partial charge in [0, 0.05) is 49.7 Å². The molecule has 0 radical (unpaired) electrons. The molecule has 4 aromatic rings. The number of hydrogen-bond acceptors (Lipinski definition) is 6. The maximum Gasteiger partial charge on any atom is 0.121 e. The molecule has 0 fully saturated rings. The fourth-order valence-electron chi connectivity index (χ4n) is 3.54. The summed E-state index contributed by atoms with van der Waals surface area (Å²) in [4.78, 5) is 11.6. The van der Waals surface area contributed by atoms with Crippen LogP contribution in [0.2, 0.25) is 5.02 Å². The van der Waals surface area contributed by atoms with Crippen molar-refractivity contribution in [3.8, 4) is 17.0 Å². The molecular formula is C24H27ClN6O. The van der Waals surface area contributed by atoms with E-state index in [1.165, 1.54) is 0 Å². The number of aromatic nitrogens is 4. The normalized spacial score (nSPS) is 11.3. The van der Waals surface area contributed by atoms with E-state index < -0.39 is 0 Å². The number of nitrogens with zero attached hydrogens (tertiary/aromatic N) is 5. The van der Waals surface area contributed by atoms with Gasteiger partial charge in [-0.1, -0.05) is 25.4 Å². The monoisotopic (exact) mass is 450 g/mol. The second kappa shape index (κ2) is 9.54. The zero-order valence-electron chi connectivity index (χ0n) is 18.7. The van der Waals surface area contributed by atoms with Crippen LogP contribution in [0.4, 0.5) is 11.4 Å². The molecule has 8 heteroatoms. The number of hydrogen-bond donors (Lipinski definition) is 1. The van der Waals surface area contributed by atoms with Crippen LogP contribution in [0.25, 0.3) is 22.3 Å². The fourth-order valence-corrected chi connectivity index (χ4v) is 3.76. The third kappa shape index (κ3) is 4.84. The Morgan fingerprint density at radius 1 is 1.12 bits per heavy atom. The number of anilines is 2. The van der Waals surface area contributed by atoms with Gasteiger partial charge in [0.1, 0.15) is 5.75 Å². The zero-order chi connectivity index (χ0) is 22.7. The molecule has 0 amide bonds. The highest BCUT2D eigenvalue weighted by molar-refractivity contribution is 6.33. The lowest BCUT2D eigenvalue weighted by Gasteiger charge is -2.27. The van der Waals surface area contributed by atoms with Crippen LogP contribution in [0.3, 0.4) is 0 Å². The number of ether oxygens (including phenoxy) is 1. The van der Waals surface area contributed by atoms with Crippen LogP contribution in [0.5, 0.6) is 5.75 Å². The first-order valence-electron chi connectivity index (χ1n) is 10.5. The lowest BCUT2D eigenvalue weighted by molar-refractivity contribution is 0.415. The van der Waals surface area contributed by atoms with Crippen LogP contribution in [-0.4, -0.2) is 46.0 Å². The summed E-state index contributed by atoms with van der Waals surface area (Å²) in [7, 11) is 3.54. The first kappa shape index (κ1) is 22.0. The van der Waals surface area contributed by atoms with E-state index in [0.717, 1.165) is 52.5 Å². The van der Waals surface area contributed by atoms with E-state index in [1.807, 2.05) is 49.6 Å². The van der Waals surface area contributed by atoms with Crippen LogP contribution in [0.1, 0.15) is 13.8 Å². The SMILES string of the molecule is COc1ccc(Cl)c(N(CCNC(C)C)c2ccc3ncc(-c4cnn(C)c4)nc3c2)c1. The number of halogens is 1. The first-order valence-corrected chi connectivity index (χ1v) is 10.9. The van der Waals surface area contributed by atoms with Crippen LogP contribution >= 0.6 is 11.6 Å². The quantitative estimate of drug-likeness (QED) is 0.414. The minimum atomic E-state index is 0.391. The first-order chi connectivity index (χ1) is 15.4. The van der Waals surface area contributed by atoms with Crippen molar-refractivity contribution >= 4 is 34.0 Å². The number of benzene rings is 2. The van der Waals surface area contributed by atoms with Gasteiger partial charge in [0.2, 0.25) is 0 Å². The van der Waals surface area contributed by atoms with E-state index in [9.17, 15) is 0 Å². The standard InChI is InChI=1S/C24H27ClN6O/c1-16(2)26-9-10-31(24-12-19(32-4)6-7-20(24)25)18-5-8-21-22(11-18)29-23(14-27-21)17-13-28-30(3)15-17/h5-8,11-16,26H,9-10H2,1-4H3. The molecule has 0 atom stereocenters. The van der Waals surface area contributed by atoms with Gasteiger partial charge in [-0.2, -0.15) is 5.10 Å². The predicted octanol–water partition coefficient (Wildman–Crippen LogP) is 4.83. The molecule has 0 unspecified atom stereocenters. The van der Waals surface area contributed by atoms with E-state index in [0.29, 0.717) is 11.1 Å². The molecule has 2 aromatic heterocycles. The third-order valence-electron chi connectivity index (χ3n) is 5.17. The van der Waals surface area contributed by atoms with E-state index >= 15 is 0 Å². The Bertz CT molecular complexity index is 1220. The Hall–Kier alpha value is -3.16. The van der Waals surface area contributed by atoms with Crippen molar-refractivity contribution in [2.75, 3.05) is 25.1 Å². The molecule has 2 aromatic carbocycles. The number of fused-ring (bicyclic) bond motifs is 1. The topological polar surface area (TPSA) is 68.1 Å². The molecule has 0 aliphatic rings. The maximum absolute atomic E-state index is 6.61. The van der Waals surface area contributed by atoms with Crippen molar-refractivity contribution in [3.05, 3.63) is 60.0 Å². The van der Waals surface area contributed by atoms with Gasteiger partial charge in [-0.15, -0.1) is 0 Å². The smallest absolute Gasteiger partial charge is 0.121 e. The summed E-state index contributed by atoms with van der Waals surface area (Å²) < 4.78 is 7.20. The summed E-state index contributed by atoms with van der Waals surface area (Å²) in [5, 5.41) is 8.38. The molecule has 0 aliphatic carbocycles. The molecule has 0 saturated heterocycles. The Morgan fingerprint density at radius 2 is 1.97 bits per heavy atom. The molecule has 0 saturated carbocycles. The third-order valence-corrected chi connectivity index (χ3v) is 5.49. The number of nitrogens with one attached hydrogen (secondary N) is 1. The molecule has 0 bridgehead atoms. The van der Waals surface area contributed by atoms with Crippen molar-refractivity contribution < 1.29 is 4.74 Å². The highest BCUT2D eigenvalue weighted by Crippen LogP contribution is 2.35. The molecule has 7 nitrogen and oxygen atoms in total. The Morgan fingerprint density at radius 3 is 2.69 bits per heavy atom. The highest BCUT2D eigenvalue weighted by atomic mass is 35.5. The number of aryl methyl sites for hydroxylation is 1. The van der Waals surface area contributed by atoms with Gasteiger partial charge in [0.05, 0.1) is 46.9 Å². The fraction of sp³-hybridized carbons (Fsp3) is 0.292. The molecular weight excluding hydrogens is 424 g/mol. The second-order valence-corrected chi connectivity index (χ2v) is 8.32. The molecule has 2 heterocycles. The van der Waals surface area contributed by atoms with Crippen molar-refractivity contribution in [2.24, 2.45) is 7.05 Å². The number of rotatable bonds is 8. The number of methoxy groups -OCH3 is 1. The minimum Gasteiger partial charge on any atom is -0.497 e. The van der Waals surface area contributed by atoms with Crippen molar-refractivity contribution in [2.45, 2.75) is 19.9 Å². The summed E-state index contributed by atoms with van der Waals surface area (Å²) in [5.74, 6) is 0.755. The van der Waals surface area contributed by atoms with Gasteiger partial charge >= 0.3 is 0 Å². The Labute approximate surface area is 193 Å². The summed E-state index contributed by atoms with van der Waals surface area (Å²) in [6.45, 7) is 5.79. The second-order valence-electron chi connectivity index (χ2n) is 7.91. The van der Waals surface area contributed by atoms with Gasteiger partial charge in [0.15, 0.2) is 0 Å². The predicted molar refractivity (Wildman–Crippen MR) is 130 cm³/mol.